The zero-order valence-electron chi connectivity index (χ0n) is 16.9. The number of nitrogens with zero attached hydrogens (tertiary/aromatic N) is 4. The predicted octanol–water partition coefficient (Wildman–Crippen LogP) is 4.69. The molecule has 1 aliphatic heterocycles. The van der Waals surface area contributed by atoms with E-state index < -0.39 is 0 Å². The Bertz CT molecular complexity index is 1170. The zero-order valence-corrected chi connectivity index (χ0v) is 17.7. The number of hydrogen-bond donors (Lipinski definition) is 1. The number of aromatic nitrogens is 4. The number of morpholine rings is 1. The third-order valence-electron chi connectivity index (χ3n) is 5.81. The van der Waals surface area contributed by atoms with Crippen LogP contribution < -0.4 is 4.90 Å². The van der Waals surface area contributed by atoms with Gasteiger partial charge in [0.25, 0.3) is 0 Å². The highest BCUT2D eigenvalue weighted by Crippen LogP contribution is 2.37. The van der Waals surface area contributed by atoms with Gasteiger partial charge in [0.1, 0.15) is 11.3 Å². The number of pyridine rings is 2. The molecule has 2 unspecified atom stereocenters. The maximum absolute atomic E-state index is 5.69. The highest BCUT2D eigenvalue weighted by Gasteiger charge is 2.24. The molecule has 5 heterocycles. The van der Waals surface area contributed by atoms with E-state index in [1.54, 1.807) is 0 Å². The largest absolute Gasteiger partial charge is 0.377 e. The number of anilines is 1. The van der Waals surface area contributed by atoms with Crippen LogP contribution in [0, 0.1) is 0 Å². The molecule has 150 valence electrons. The van der Waals surface area contributed by atoms with Gasteiger partial charge in [0.15, 0.2) is 0 Å². The van der Waals surface area contributed by atoms with Gasteiger partial charge in [-0.05, 0) is 44.4 Å². The number of thioether (sulfide) groups is 1. The van der Waals surface area contributed by atoms with Crippen molar-refractivity contribution in [1.29, 1.82) is 0 Å². The molecule has 1 N–H and O–H groups in total. The van der Waals surface area contributed by atoms with Gasteiger partial charge >= 0.3 is 0 Å². The zero-order chi connectivity index (χ0) is 20.0. The minimum Gasteiger partial charge on any atom is -0.377 e. The van der Waals surface area contributed by atoms with Crippen LogP contribution in [-0.4, -0.2) is 51.6 Å². The van der Waals surface area contributed by atoms with Crippen molar-refractivity contribution in [1.82, 2.24) is 19.5 Å². The summed E-state index contributed by atoms with van der Waals surface area (Å²) in [5.41, 5.74) is 5.22. The van der Waals surface area contributed by atoms with E-state index in [1.807, 2.05) is 24.2 Å². The Morgan fingerprint density at radius 3 is 3.00 bits per heavy atom. The molecule has 2 atom stereocenters. The van der Waals surface area contributed by atoms with E-state index in [-0.39, 0.29) is 0 Å². The Balaban J connectivity index is 1.77. The number of aromatic amines is 1. The molecule has 1 aliphatic rings. The van der Waals surface area contributed by atoms with E-state index >= 15 is 0 Å². The van der Waals surface area contributed by atoms with Crippen LogP contribution in [0.2, 0.25) is 0 Å². The van der Waals surface area contributed by atoms with Gasteiger partial charge in [-0.3, -0.25) is 0 Å². The number of hydrogen-bond acceptors (Lipinski definition) is 5. The van der Waals surface area contributed by atoms with Crippen LogP contribution in [-0.2, 0) is 4.74 Å². The summed E-state index contributed by atoms with van der Waals surface area (Å²) in [4.78, 5) is 15.2. The average molecular weight is 408 g/mol. The van der Waals surface area contributed by atoms with Crippen LogP contribution in [0.25, 0.3) is 33.3 Å². The standard InChI is InChI=1S/C22H25N5OS/c1-14-13-28-11-10-26(14)20-12-19(16-4-7-23-21-17(16)5-8-24-21)25-22-18(20)6-9-27(22)15(2)29-3/h4-9,12,14-15H,10-11,13H2,1-3H3,(H,23,24). The lowest BCUT2D eigenvalue weighted by atomic mass is 10.1. The third kappa shape index (κ3) is 3.09. The Morgan fingerprint density at radius 1 is 1.28 bits per heavy atom. The predicted molar refractivity (Wildman–Crippen MR) is 121 cm³/mol. The van der Waals surface area contributed by atoms with E-state index in [9.17, 15) is 0 Å². The summed E-state index contributed by atoms with van der Waals surface area (Å²) in [5, 5.41) is 2.61. The molecule has 5 rings (SSSR count). The molecule has 6 nitrogen and oxygen atoms in total. The molecule has 0 aromatic carbocycles. The van der Waals surface area contributed by atoms with Gasteiger partial charge in [0.05, 0.1) is 30.0 Å². The first-order valence-corrected chi connectivity index (χ1v) is 11.3. The van der Waals surface area contributed by atoms with Crippen LogP contribution in [0.1, 0.15) is 19.2 Å². The molecule has 0 amide bonds. The summed E-state index contributed by atoms with van der Waals surface area (Å²) in [6.07, 6.45) is 8.08. The summed E-state index contributed by atoms with van der Waals surface area (Å²) in [6.45, 7) is 6.83. The molecule has 1 saturated heterocycles. The Kier molecular flexibility index (Phi) is 4.72. The maximum atomic E-state index is 5.69. The summed E-state index contributed by atoms with van der Waals surface area (Å²) < 4.78 is 7.96. The minimum absolute atomic E-state index is 0.315. The number of fused-ring (bicyclic) bond motifs is 2. The first-order chi connectivity index (χ1) is 14.2. The number of ether oxygens (including phenoxy) is 1. The van der Waals surface area contributed by atoms with Crippen LogP contribution >= 0.6 is 11.8 Å². The topological polar surface area (TPSA) is 59.0 Å². The fourth-order valence-electron chi connectivity index (χ4n) is 4.16. The van der Waals surface area contributed by atoms with Gasteiger partial charge < -0.3 is 19.2 Å². The highest BCUT2D eigenvalue weighted by atomic mass is 32.2. The molecular formula is C22H25N5OS. The van der Waals surface area contributed by atoms with Gasteiger partial charge in [-0.1, -0.05) is 0 Å². The van der Waals surface area contributed by atoms with Crippen LogP contribution in [0.15, 0.2) is 42.9 Å². The second kappa shape index (κ2) is 7.39. The number of nitrogens with one attached hydrogen (secondary N) is 1. The van der Waals surface area contributed by atoms with E-state index in [1.165, 1.54) is 11.1 Å². The smallest absolute Gasteiger partial charge is 0.143 e. The van der Waals surface area contributed by atoms with Gasteiger partial charge in [-0.15, -0.1) is 11.8 Å². The lowest BCUT2D eigenvalue weighted by Crippen LogP contribution is -2.43. The lowest BCUT2D eigenvalue weighted by molar-refractivity contribution is 0.0991. The number of H-pyrrole nitrogens is 1. The maximum Gasteiger partial charge on any atom is 0.143 e. The fourth-order valence-corrected chi connectivity index (χ4v) is 4.56. The first-order valence-electron chi connectivity index (χ1n) is 9.98. The minimum atomic E-state index is 0.315. The summed E-state index contributed by atoms with van der Waals surface area (Å²) >= 11 is 1.82. The molecule has 0 radical (unpaired) electrons. The third-order valence-corrected chi connectivity index (χ3v) is 6.72. The Morgan fingerprint density at radius 2 is 2.17 bits per heavy atom. The van der Waals surface area contributed by atoms with Crippen molar-refractivity contribution in [2.75, 3.05) is 30.9 Å². The molecule has 0 aliphatic carbocycles. The summed E-state index contributed by atoms with van der Waals surface area (Å²) in [7, 11) is 0. The van der Waals surface area contributed by atoms with Crippen molar-refractivity contribution >= 4 is 39.5 Å². The summed E-state index contributed by atoms with van der Waals surface area (Å²) in [5.74, 6) is 0. The van der Waals surface area contributed by atoms with E-state index in [0.29, 0.717) is 11.4 Å². The molecule has 29 heavy (non-hydrogen) atoms. The summed E-state index contributed by atoms with van der Waals surface area (Å²) in [6, 6.07) is 8.90. The molecule has 0 spiro atoms. The molecular weight excluding hydrogens is 382 g/mol. The van der Waals surface area contributed by atoms with Crippen molar-refractivity contribution < 1.29 is 4.74 Å². The molecule has 1 fully saturated rings. The fraction of sp³-hybridized carbons (Fsp3) is 0.364. The van der Waals surface area contributed by atoms with E-state index in [0.717, 1.165) is 47.7 Å². The second-order valence-electron chi connectivity index (χ2n) is 7.54. The van der Waals surface area contributed by atoms with E-state index in [4.69, 9.17) is 9.72 Å². The average Bonchev–Trinajstić information content (AvgIpc) is 3.39. The molecule has 0 bridgehead atoms. The SMILES string of the molecule is CSC(C)n1ccc2c(N3CCOCC3C)cc(-c3ccnc4[nH]ccc34)nc21. The Labute approximate surface area is 174 Å². The van der Waals surface area contributed by atoms with Crippen molar-refractivity contribution in [3.8, 4) is 11.3 Å². The monoisotopic (exact) mass is 407 g/mol. The Hall–Kier alpha value is -2.51. The van der Waals surface area contributed by atoms with Crippen molar-refractivity contribution in [2.24, 2.45) is 0 Å². The molecule has 0 saturated carbocycles. The van der Waals surface area contributed by atoms with Crippen LogP contribution in [0.5, 0.6) is 0 Å². The quantitative estimate of drug-likeness (QED) is 0.532. The van der Waals surface area contributed by atoms with Gasteiger partial charge in [0, 0.05) is 47.5 Å². The highest BCUT2D eigenvalue weighted by molar-refractivity contribution is 7.98. The normalized spacial score (nSPS) is 18.6. The first kappa shape index (κ1) is 18.5. The molecule has 4 aromatic heterocycles. The molecule has 7 heteroatoms. The number of rotatable bonds is 4. The van der Waals surface area contributed by atoms with E-state index in [2.05, 4.69) is 70.0 Å². The van der Waals surface area contributed by atoms with Gasteiger partial charge in [0.2, 0.25) is 0 Å². The second-order valence-corrected chi connectivity index (χ2v) is 8.69. The van der Waals surface area contributed by atoms with Gasteiger partial charge in [-0.2, -0.15) is 0 Å². The van der Waals surface area contributed by atoms with Crippen LogP contribution in [0.4, 0.5) is 5.69 Å². The van der Waals surface area contributed by atoms with Crippen LogP contribution in [0.3, 0.4) is 0 Å². The van der Waals surface area contributed by atoms with Gasteiger partial charge in [-0.25, -0.2) is 9.97 Å². The van der Waals surface area contributed by atoms with Crippen molar-refractivity contribution in [3.63, 3.8) is 0 Å². The molecule has 4 aromatic rings. The lowest BCUT2D eigenvalue weighted by Gasteiger charge is -2.36. The van der Waals surface area contributed by atoms with Crippen molar-refractivity contribution in [2.45, 2.75) is 25.3 Å². The van der Waals surface area contributed by atoms with Crippen molar-refractivity contribution in [3.05, 3.63) is 42.9 Å².